The lowest BCUT2D eigenvalue weighted by Gasteiger charge is -2.02. The minimum atomic E-state index is -0.501. The maximum atomic E-state index is 11.3. The molecule has 0 radical (unpaired) electrons. The van der Waals surface area contributed by atoms with Gasteiger partial charge in [0.15, 0.2) is 6.39 Å². The van der Waals surface area contributed by atoms with E-state index in [0.717, 1.165) is 6.39 Å². The molecule has 1 aromatic heterocycles. The van der Waals surface area contributed by atoms with Gasteiger partial charge in [0, 0.05) is 6.42 Å². The monoisotopic (exact) mass is 219 g/mol. The van der Waals surface area contributed by atoms with E-state index >= 15 is 0 Å². The summed E-state index contributed by atoms with van der Waals surface area (Å²) in [5.41, 5.74) is 0.00643. The van der Waals surface area contributed by atoms with Crippen molar-refractivity contribution in [2.24, 2.45) is 0 Å². The van der Waals surface area contributed by atoms with Crippen molar-refractivity contribution in [3.8, 4) is 5.75 Å². The fourth-order valence-electron chi connectivity index (χ4n) is 1.25. The first kappa shape index (κ1) is 10.4. The highest BCUT2D eigenvalue weighted by Gasteiger charge is 2.05. The smallest absolute Gasteiger partial charge is 0.346 e. The Bertz CT molecular complexity index is 588. The molecule has 1 heterocycles. The van der Waals surface area contributed by atoms with E-state index in [1.807, 2.05) is 0 Å². The number of carbonyl (C=O) groups is 1. The van der Waals surface area contributed by atoms with Crippen molar-refractivity contribution in [2.75, 3.05) is 0 Å². The van der Waals surface area contributed by atoms with Crippen LogP contribution in [0.25, 0.3) is 10.9 Å². The first-order valence-corrected chi connectivity index (χ1v) is 4.79. The summed E-state index contributed by atoms with van der Waals surface area (Å²) in [5, 5.41) is 0.295. The summed E-state index contributed by atoms with van der Waals surface area (Å²) in [7, 11) is 0. The molecule has 1 aromatic carbocycles. The van der Waals surface area contributed by atoms with E-state index in [0.29, 0.717) is 16.7 Å². The van der Waals surface area contributed by atoms with E-state index in [-0.39, 0.29) is 12.4 Å². The number of hydrogen-bond donors (Lipinski definition) is 0. The van der Waals surface area contributed by atoms with E-state index in [1.165, 1.54) is 6.07 Å². The molecule has 0 saturated heterocycles. The third-order valence-corrected chi connectivity index (χ3v) is 2.06. The van der Waals surface area contributed by atoms with Crippen molar-refractivity contribution >= 4 is 16.9 Å². The molecular formula is C11H9NO4. The van der Waals surface area contributed by atoms with Crippen LogP contribution in [-0.4, -0.2) is 11.0 Å². The van der Waals surface area contributed by atoms with Crippen LogP contribution in [0, 0.1) is 0 Å². The van der Waals surface area contributed by atoms with Crippen LogP contribution in [0.15, 0.2) is 33.8 Å². The molecule has 16 heavy (non-hydrogen) atoms. The van der Waals surface area contributed by atoms with Crippen LogP contribution in [0.2, 0.25) is 0 Å². The number of carbonyl (C=O) groups excluding carboxylic acids is 1. The molecule has 5 nitrogen and oxygen atoms in total. The minimum absolute atomic E-state index is 0.277. The zero-order valence-corrected chi connectivity index (χ0v) is 8.60. The molecule has 0 spiro atoms. The first-order valence-electron chi connectivity index (χ1n) is 4.79. The Morgan fingerprint density at radius 3 is 3.06 bits per heavy atom. The summed E-state index contributed by atoms with van der Waals surface area (Å²) in [4.78, 5) is 26.3. The van der Waals surface area contributed by atoms with Gasteiger partial charge in [-0.1, -0.05) is 6.92 Å². The zero-order chi connectivity index (χ0) is 11.5. The van der Waals surface area contributed by atoms with Crippen molar-refractivity contribution in [2.45, 2.75) is 13.3 Å². The molecular weight excluding hydrogens is 210 g/mol. The number of fused-ring (bicyclic) bond motifs is 1. The quantitative estimate of drug-likeness (QED) is 0.565. The van der Waals surface area contributed by atoms with Crippen molar-refractivity contribution in [3.63, 3.8) is 0 Å². The average Bonchev–Trinajstić information content (AvgIpc) is 2.30. The standard InChI is InChI=1S/C11H9NO4/c1-2-10(13)16-7-3-4-9-8(5-7)11(14)15-6-12-9/h3-6H,2H2,1H3. The van der Waals surface area contributed by atoms with Gasteiger partial charge in [-0.15, -0.1) is 0 Å². The second-order valence-corrected chi connectivity index (χ2v) is 3.15. The van der Waals surface area contributed by atoms with Gasteiger partial charge >= 0.3 is 11.6 Å². The molecule has 0 saturated carbocycles. The van der Waals surface area contributed by atoms with Gasteiger partial charge in [0.2, 0.25) is 0 Å². The van der Waals surface area contributed by atoms with Gasteiger partial charge in [0.05, 0.1) is 10.9 Å². The van der Waals surface area contributed by atoms with Gasteiger partial charge in [-0.2, -0.15) is 0 Å². The number of hydrogen-bond acceptors (Lipinski definition) is 5. The van der Waals surface area contributed by atoms with Crippen molar-refractivity contribution in [3.05, 3.63) is 35.0 Å². The van der Waals surface area contributed by atoms with E-state index in [9.17, 15) is 9.59 Å². The molecule has 5 heteroatoms. The second kappa shape index (κ2) is 4.14. The highest BCUT2D eigenvalue weighted by atomic mass is 16.5. The lowest BCUT2D eigenvalue weighted by molar-refractivity contribution is -0.134. The largest absolute Gasteiger partial charge is 0.427 e. The fraction of sp³-hybridized carbons (Fsp3) is 0.182. The van der Waals surface area contributed by atoms with Crippen LogP contribution in [0.3, 0.4) is 0 Å². The Labute approximate surface area is 90.7 Å². The topological polar surface area (TPSA) is 69.4 Å². The molecule has 0 aliphatic carbocycles. The number of rotatable bonds is 2. The van der Waals surface area contributed by atoms with E-state index in [1.54, 1.807) is 19.1 Å². The molecule has 0 unspecified atom stereocenters. The maximum absolute atomic E-state index is 11.3. The number of nitrogens with zero attached hydrogens (tertiary/aromatic N) is 1. The van der Waals surface area contributed by atoms with Crippen molar-refractivity contribution in [1.29, 1.82) is 0 Å². The molecule has 0 bridgehead atoms. The van der Waals surface area contributed by atoms with Gasteiger partial charge < -0.3 is 9.15 Å². The lowest BCUT2D eigenvalue weighted by atomic mass is 10.2. The molecule has 0 aliphatic rings. The van der Waals surface area contributed by atoms with E-state index in [2.05, 4.69) is 9.40 Å². The molecule has 0 aliphatic heterocycles. The highest BCUT2D eigenvalue weighted by molar-refractivity contribution is 5.80. The molecule has 0 atom stereocenters. The molecule has 0 fully saturated rings. The van der Waals surface area contributed by atoms with Crippen LogP contribution in [0.1, 0.15) is 13.3 Å². The SMILES string of the molecule is CCC(=O)Oc1ccc2ncoc(=O)c2c1. The lowest BCUT2D eigenvalue weighted by Crippen LogP contribution is -2.06. The van der Waals surface area contributed by atoms with E-state index in [4.69, 9.17) is 4.74 Å². The number of ether oxygens (including phenoxy) is 1. The Hall–Kier alpha value is -2.17. The Balaban J connectivity index is 2.47. The van der Waals surface area contributed by atoms with Gasteiger partial charge in [0.1, 0.15) is 5.75 Å². The van der Waals surface area contributed by atoms with Crippen molar-refractivity contribution in [1.82, 2.24) is 4.98 Å². The second-order valence-electron chi connectivity index (χ2n) is 3.15. The van der Waals surface area contributed by atoms with Crippen LogP contribution >= 0.6 is 0 Å². The van der Waals surface area contributed by atoms with Crippen LogP contribution in [0.4, 0.5) is 0 Å². The summed E-state index contributed by atoms with van der Waals surface area (Å²) >= 11 is 0. The Morgan fingerprint density at radius 2 is 2.31 bits per heavy atom. The average molecular weight is 219 g/mol. The Kier molecular flexibility index (Phi) is 2.68. The molecule has 2 aromatic rings. The van der Waals surface area contributed by atoms with Crippen LogP contribution in [0.5, 0.6) is 5.75 Å². The van der Waals surface area contributed by atoms with Crippen LogP contribution < -0.4 is 10.4 Å². The number of benzene rings is 1. The minimum Gasteiger partial charge on any atom is -0.427 e. The Morgan fingerprint density at radius 1 is 1.50 bits per heavy atom. The summed E-state index contributed by atoms with van der Waals surface area (Å²) < 4.78 is 9.60. The van der Waals surface area contributed by atoms with Gasteiger partial charge in [0.25, 0.3) is 0 Å². The van der Waals surface area contributed by atoms with Crippen molar-refractivity contribution < 1.29 is 13.9 Å². The highest BCUT2D eigenvalue weighted by Crippen LogP contribution is 2.16. The first-order chi connectivity index (χ1) is 7.70. The number of aromatic nitrogens is 1. The van der Waals surface area contributed by atoms with Crippen LogP contribution in [-0.2, 0) is 4.79 Å². The predicted octanol–water partition coefficient (Wildman–Crippen LogP) is 1.50. The normalized spacial score (nSPS) is 10.3. The summed E-state index contributed by atoms with van der Waals surface area (Å²) in [6.07, 6.45) is 1.36. The maximum Gasteiger partial charge on any atom is 0.346 e. The third kappa shape index (κ3) is 1.93. The van der Waals surface area contributed by atoms with Gasteiger partial charge in [-0.05, 0) is 18.2 Å². The summed E-state index contributed by atoms with van der Waals surface area (Å²) in [5.74, 6) is -0.0349. The fourth-order valence-corrected chi connectivity index (χ4v) is 1.25. The molecule has 0 N–H and O–H groups in total. The van der Waals surface area contributed by atoms with Gasteiger partial charge in [-0.3, -0.25) is 4.79 Å². The van der Waals surface area contributed by atoms with Gasteiger partial charge in [-0.25, -0.2) is 9.78 Å². The summed E-state index contributed by atoms with van der Waals surface area (Å²) in [6.45, 7) is 1.69. The molecule has 0 amide bonds. The molecule has 2 rings (SSSR count). The third-order valence-electron chi connectivity index (χ3n) is 2.06. The zero-order valence-electron chi connectivity index (χ0n) is 8.60. The van der Waals surface area contributed by atoms with E-state index < -0.39 is 5.63 Å². The summed E-state index contributed by atoms with van der Waals surface area (Å²) in [6, 6.07) is 4.63. The number of esters is 1. The molecule has 82 valence electrons. The predicted molar refractivity (Wildman–Crippen MR) is 56.2 cm³/mol.